The molecule has 0 N–H and O–H groups in total. The maximum Gasteiger partial charge on any atom is 0.310 e. The van der Waals surface area contributed by atoms with Crippen LogP contribution in [0.15, 0.2) is 23.0 Å². The highest BCUT2D eigenvalue weighted by Crippen LogP contribution is 2.60. The highest BCUT2D eigenvalue weighted by molar-refractivity contribution is 6.00. The summed E-state index contributed by atoms with van der Waals surface area (Å²) in [6.07, 6.45) is 6.61. The SMILES string of the molecule is C#CCC1=C(C)C(OC(=O)C2C(/C=C(\C)F)C2(C)C)CC1=O. The van der Waals surface area contributed by atoms with Crippen LogP contribution in [0.5, 0.6) is 0 Å². The van der Waals surface area contributed by atoms with Crippen molar-refractivity contribution in [1.82, 2.24) is 0 Å². The van der Waals surface area contributed by atoms with Gasteiger partial charge in [0, 0.05) is 12.0 Å². The molecule has 0 aliphatic heterocycles. The zero-order valence-electron chi connectivity index (χ0n) is 13.4. The standard InChI is InChI=1S/C18H21FO3/c1-6-7-12-11(3)15(9-14(12)20)22-17(21)16-13(8-10(2)19)18(16,4)5/h1,8,13,15-16H,7,9H2,2-5H3/b10-8+. The Hall–Kier alpha value is -1.89. The fourth-order valence-corrected chi connectivity index (χ4v) is 3.23. The number of hydrogen-bond acceptors (Lipinski definition) is 3. The summed E-state index contributed by atoms with van der Waals surface area (Å²) in [5.41, 5.74) is 1.00. The lowest BCUT2D eigenvalue weighted by Gasteiger charge is -2.13. The second-order valence-electron chi connectivity index (χ2n) is 6.67. The van der Waals surface area contributed by atoms with Gasteiger partial charge in [-0.3, -0.25) is 9.59 Å². The average Bonchev–Trinajstić information content (AvgIpc) is 2.83. The van der Waals surface area contributed by atoms with E-state index in [4.69, 9.17) is 11.2 Å². The molecule has 1 saturated carbocycles. The number of Topliss-reactive ketones (excluding diaryl/α,β-unsaturated/α-hetero) is 1. The van der Waals surface area contributed by atoms with Crippen molar-refractivity contribution < 1.29 is 18.7 Å². The van der Waals surface area contributed by atoms with Gasteiger partial charge in [0.05, 0.1) is 18.2 Å². The number of ether oxygens (including phenoxy) is 1. The van der Waals surface area contributed by atoms with Crippen LogP contribution in [-0.2, 0) is 14.3 Å². The molecule has 3 unspecified atom stereocenters. The Kier molecular flexibility index (Phi) is 4.28. The number of rotatable bonds is 4. The Balaban J connectivity index is 2.07. The van der Waals surface area contributed by atoms with E-state index in [1.54, 1.807) is 6.92 Å². The highest BCUT2D eigenvalue weighted by atomic mass is 19.1. The highest BCUT2D eigenvalue weighted by Gasteiger charge is 2.62. The molecule has 0 heterocycles. The quantitative estimate of drug-likeness (QED) is 0.591. The number of terminal acetylenes is 1. The zero-order valence-corrected chi connectivity index (χ0v) is 13.4. The Bertz CT molecular complexity index is 615. The van der Waals surface area contributed by atoms with Crippen LogP contribution in [0.4, 0.5) is 4.39 Å². The molecule has 0 bridgehead atoms. The molecule has 4 heteroatoms. The number of carbonyl (C=O) groups is 2. The van der Waals surface area contributed by atoms with Gasteiger partial charge < -0.3 is 4.74 Å². The average molecular weight is 304 g/mol. The molecule has 3 nitrogen and oxygen atoms in total. The van der Waals surface area contributed by atoms with E-state index in [-0.39, 0.29) is 47.7 Å². The number of halogens is 1. The van der Waals surface area contributed by atoms with Crippen molar-refractivity contribution >= 4 is 11.8 Å². The lowest BCUT2D eigenvalue weighted by atomic mass is 10.1. The number of allylic oxidation sites excluding steroid dienone is 3. The van der Waals surface area contributed by atoms with Crippen molar-refractivity contribution in [2.75, 3.05) is 0 Å². The molecule has 22 heavy (non-hydrogen) atoms. The smallest absolute Gasteiger partial charge is 0.310 e. The fourth-order valence-electron chi connectivity index (χ4n) is 3.23. The number of carbonyl (C=O) groups excluding carboxylic acids is 2. The second kappa shape index (κ2) is 5.72. The molecule has 2 aliphatic rings. The van der Waals surface area contributed by atoms with Crippen LogP contribution >= 0.6 is 0 Å². The van der Waals surface area contributed by atoms with E-state index in [1.807, 2.05) is 13.8 Å². The van der Waals surface area contributed by atoms with E-state index >= 15 is 0 Å². The molecule has 1 fully saturated rings. The Morgan fingerprint density at radius 2 is 2.18 bits per heavy atom. The van der Waals surface area contributed by atoms with Crippen LogP contribution < -0.4 is 0 Å². The first-order valence-corrected chi connectivity index (χ1v) is 7.40. The molecular weight excluding hydrogens is 283 g/mol. The minimum atomic E-state index is -0.532. The third kappa shape index (κ3) is 2.85. The first-order chi connectivity index (χ1) is 10.2. The van der Waals surface area contributed by atoms with E-state index in [9.17, 15) is 14.0 Å². The third-order valence-electron chi connectivity index (χ3n) is 4.78. The Morgan fingerprint density at radius 3 is 2.73 bits per heavy atom. The first kappa shape index (κ1) is 16.5. The fraction of sp³-hybridized carbons (Fsp3) is 0.556. The van der Waals surface area contributed by atoms with E-state index in [0.717, 1.165) is 5.57 Å². The molecule has 0 aromatic rings. The summed E-state index contributed by atoms with van der Waals surface area (Å²) in [7, 11) is 0. The summed E-state index contributed by atoms with van der Waals surface area (Å²) in [6.45, 7) is 6.96. The van der Waals surface area contributed by atoms with Gasteiger partial charge in [-0.2, -0.15) is 0 Å². The molecule has 0 amide bonds. The lowest BCUT2D eigenvalue weighted by Crippen LogP contribution is -2.20. The summed E-state index contributed by atoms with van der Waals surface area (Å²) in [6, 6.07) is 0. The van der Waals surface area contributed by atoms with Crippen LogP contribution in [0.3, 0.4) is 0 Å². The lowest BCUT2D eigenvalue weighted by molar-refractivity contribution is -0.150. The van der Waals surface area contributed by atoms with Gasteiger partial charge in [0.1, 0.15) is 6.10 Å². The van der Waals surface area contributed by atoms with E-state index in [0.29, 0.717) is 5.57 Å². The van der Waals surface area contributed by atoms with Gasteiger partial charge >= 0.3 is 5.97 Å². The van der Waals surface area contributed by atoms with E-state index in [1.165, 1.54) is 13.0 Å². The molecule has 2 aliphatic carbocycles. The maximum atomic E-state index is 13.1. The molecule has 0 radical (unpaired) electrons. The summed E-state index contributed by atoms with van der Waals surface area (Å²) in [4.78, 5) is 24.2. The van der Waals surface area contributed by atoms with Gasteiger partial charge in [-0.25, -0.2) is 4.39 Å². The van der Waals surface area contributed by atoms with Gasteiger partial charge in [-0.05, 0) is 36.8 Å². The first-order valence-electron chi connectivity index (χ1n) is 7.40. The van der Waals surface area contributed by atoms with Crippen molar-refractivity contribution in [2.24, 2.45) is 17.3 Å². The second-order valence-corrected chi connectivity index (χ2v) is 6.67. The summed E-state index contributed by atoms with van der Waals surface area (Å²) < 4.78 is 18.6. The predicted molar refractivity (Wildman–Crippen MR) is 81.3 cm³/mol. The van der Waals surface area contributed by atoms with Gasteiger partial charge in [-0.15, -0.1) is 12.3 Å². The van der Waals surface area contributed by atoms with Crippen molar-refractivity contribution in [3.63, 3.8) is 0 Å². The Morgan fingerprint density at radius 1 is 1.55 bits per heavy atom. The molecule has 0 saturated heterocycles. The van der Waals surface area contributed by atoms with Gasteiger partial charge in [0.2, 0.25) is 0 Å². The minimum absolute atomic E-state index is 0.0562. The van der Waals surface area contributed by atoms with Crippen LogP contribution in [0.25, 0.3) is 0 Å². The summed E-state index contributed by atoms with van der Waals surface area (Å²) >= 11 is 0. The normalized spacial score (nSPS) is 30.3. The molecule has 0 spiro atoms. The van der Waals surface area contributed by atoms with Crippen molar-refractivity contribution in [1.29, 1.82) is 0 Å². The van der Waals surface area contributed by atoms with Gasteiger partial charge in [0.25, 0.3) is 0 Å². The van der Waals surface area contributed by atoms with Gasteiger partial charge in [0.15, 0.2) is 5.78 Å². The number of ketones is 1. The van der Waals surface area contributed by atoms with Crippen LogP contribution in [0.2, 0.25) is 0 Å². The van der Waals surface area contributed by atoms with Crippen molar-refractivity contribution in [3.05, 3.63) is 23.0 Å². The molecule has 0 aromatic carbocycles. The maximum absolute atomic E-state index is 13.1. The predicted octanol–water partition coefficient (Wildman–Crippen LogP) is 3.36. The molecule has 0 aromatic heterocycles. The van der Waals surface area contributed by atoms with Crippen LogP contribution in [0.1, 0.15) is 40.5 Å². The molecule has 3 atom stereocenters. The molecule has 2 rings (SSSR count). The summed E-state index contributed by atoms with van der Waals surface area (Å²) in [5.74, 6) is 1.21. The van der Waals surface area contributed by atoms with Crippen LogP contribution in [-0.4, -0.2) is 17.9 Å². The largest absolute Gasteiger partial charge is 0.457 e. The van der Waals surface area contributed by atoms with E-state index < -0.39 is 6.10 Å². The van der Waals surface area contributed by atoms with Gasteiger partial charge in [-0.1, -0.05) is 13.8 Å². The van der Waals surface area contributed by atoms with E-state index in [2.05, 4.69) is 5.92 Å². The summed E-state index contributed by atoms with van der Waals surface area (Å²) in [5, 5.41) is 0. The Labute approximate surface area is 130 Å². The number of esters is 1. The molecular formula is C18H21FO3. The molecule has 118 valence electrons. The monoisotopic (exact) mass is 304 g/mol. The third-order valence-corrected chi connectivity index (χ3v) is 4.78. The zero-order chi connectivity index (χ0) is 16.7. The topological polar surface area (TPSA) is 43.4 Å². The number of hydrogen-bond donors (Lipinski definition) is 0. The van der Waals surface area contributed by atoms with Crippen LogP contribution in [0, 0.1) is 29.6 Å². The van der Waals surface area contributed by atoms with Crippen molar-refractivity contribution in [2.45, 2.75) is 46.6 Å². The minimum Gasteiger partial charge on any atom is -0.457 e. The van der Waals surface area contributed by atoms with Crippen molar-refractivity contribution in [3.8, 4) is 12.3 Å².